The number of benzene rings is 1. The van der Waals surface area contributed by atoms with Crippen LogP contribution >= 0.6 is 0 Å². The summed E-state index contributed by atoms with van der Waals surface area (Å²) in [5, 5.41) is 4.92. The maximum atomic E-state index is 11.5. The van der Waals surface area contributed by atoms with Crippen LogP contribution in [-0.4, -0.2) is 49.9 Å². The molecule has 130 valence electrons. The van der Waals surface area contributed by atoms with Crippen molar-refractivity contribution in [2.45, 2.75) is 19.9 Å². The molecule has 2 amide bonds. The summed E-state index contributed by atoms with van der Waals surface area (Å²) in [5.74, 6) is -1.45. The van der Waals surface area contributed by atoms with E-state index in [1.807, 2.05) is 0 Å². The molecular weight excluding hydrogens is 316 g/mol. The van der Waals surface area contributed by atoms with Crippen LogP contribution in [0.2, 0.25) is 0 Å². The molecule has 2 N–H and O–H groups in total. The van der Waals surface area contributed by atoms with Gasteiger partial charge in [0.25, 0.3) is 5.91 Å². The highest BCUT2D eigenvalue weighted by Crippen LogP contribution is 2.15. The molecule has 1 aromatic rings. The minimum absolute atomic E-state index is 0.0291. The number of nitrogens with one attached hydrogen (secondary N) is 2. The minimum Gasteiger partial charge on any atom is -0.481 e. The Bertz CT molecular complexity index is 600. The van der Waals surface area contributed by atoms with Crippen LogP contribution in [0.15, 0.2) is 24.3 Å². The molecule has 0 aliphatic carbocycles. The molecule has 0 aliphatic heterocycles. The molecule has 0 saturated heterocycles. The number of carbonyl (C=O) groups is 4. The van der Waals surface area contributed by atoms with Gasteiger partial charge in [-0.25, -0.2) is 4.79 Å². The van der Waals surface area contributed by atoms with Crippen molar-refractivity contribution in [3.63, 3.8) is 0 Å². The molecule has 0 radical (unpaired) electrons. The lowest BCUT2D eigenvalue weighted by Crippen LogP contribution is -2.41. The maximum Gasteiger partial charge on any atom is 0.344 e. The number of amides is 2. The van der Waals surface area contributed by atoms with Crippen molar-refractivity contribution in [1.29, 1.82) is 0 Å². The Balaban J connectivity index is 2.27. The Labute approximate surface area is 139 Å². The zero-order chi connectivity index (χ0) is 17.9. The fourth-order valence-electron chi connectivity index (χ4n) is 1.64. The average molecular weight is 336 g/mol. The van der Waals surface area contributed by atoms with Gasteiger partial charge in [0.2, 0.25) is 5.91 Å². The first-order valence-electron chi connectivity index (χ1n) is 7.31. The van der Waals surface area contributed by atoms with Gasteiger partial charge in [0, 0.05) is 6.04 Å². The molecule has 0 fully saturated rings. The van der Waals surface area contributed by atoms with Gasteiger partial charge in [0.1, 0.15) is 5.75 Å². The van der Waals surface area contributed by atoms with Crippen LogP contribution in [-0.2, 0) is 19.1 Å². The first kappa shape index (κ1) is 19.1. The van der Waals surface area contributed by atoms with Crippen LogP contribution in [0, 0.1) is 0 Å². The van der Waals surface area contributed by atoms with Crippen molar-refractivity contribution in [3.05, 3.63) is 29.8 Å². The molecule has 0 spiro atoms. The van der Waals surface area contributed by atoms with E-state index in [1.54, 1.807) is 32.0 Å². The van der Waals surface area contributed by atoms with Crippen LogP contribution in [0.3, 0.4) is 0 Å². The number of hydrogen-bond donors (Lipinski definition) is 2. The molecule has 0 aliphatic rings. The monoisotopic (exact) mass is 336 g/mol. The third-order valence-corrected chi connectivity index (χ3v) is 2.65. The zero-order valence-corrected chi connectivity index (χ0v) is 13.5. The predicted octanol–water partition coefficient (Wildman–Crippen LogP) is 0.0619. The number of aldehydes is 1. The molecule has 1 rings (SSSR count). The molecule has 8 nitrogen and oxygen atoms in total. The molecule has 0 unspecified atom stereocenters. The van der Waals surface area contributed by atoms with Crippen molar-refractivity contribution < 1.29 is 28.7 Å². The topological polar surface area (TPSA) is 111 Å². The number of carbonyl (C=O) groups excluding carboxylic acids is 4. The van der Waals surface area contributed by atoms with E-state index in [4.69, 9.17) is 9.47 Å². The molecular formula is C16H20N2O6. The van der Waals surface area contributed by atoms with Gasteiger partial charge >= 0.3 is 5.97 Å². The highest BCUT2D eigenvalue weighted by Gasteiger charge is 2.11. The van der Waals surface area contributed by atoms with E-state index in [9.17, 15) is 19.2 Å². The summed E-state index contributed by atoms with van der Waals surface area (Å²) in [4.78, 5) is 45.1. The van der Waals surface area contributed by atoms with Crippen LogP contribution < -0.4 is 15.4 Å². The van der Waals surface area contributed by atoms with Gasteiger partial charge in [-0.15, -0.1) is 0 Å². The highest BCUT2D eigenvalue weighted by molar-refractivity contribution is 5.86. The summed E-state index contributed by atoms with van der Waals surface area (Å²) < 4.78 is 9.88. The smallest absolute Gasteiger partial charge is 0.344 e. The van der Waals surface area contributed by atoms with Gasteiger partial charge in [0.05, 0.1) is 12.1 Å². The molecule has 0 bridgehead atoms. The van der Waals surface area contributed by atoms with Crippen molar-refractivity contribution in [3.8, 4) is 5.75 Å². The van der Waals surface area contributed by atoms with E-state index in [-0.39, 0.29) is 24.2 Å². The number of esters is 1. The van der Waals surface area contributed by atoms with E-state index in [0.717, 1.165) is 0 Å². The normalized spacial score (nSPS) is 9.96. The van der Waals surface area contributed by atoms with E-state index in [2.05, 4.69) is 10.6 Å². The number of para-hydroxylation sites is 1. The summed E-state index contributed by atoms with van der Waals surface area (Å²) in [6.07, 6.45) is 0.607. The largest absolute Gasteiger partial charge is 0.481 e. The molecule has 24 heavy (non-hydrogen) atoms. The Morgan fingerprint density at radius 3 is 2.50 bits per heavy atom. The van der Waals surface area contributed by atoms with Gasteiger partial charge in [-0.05, 0) is 26.0 Å². The number of ether oxygens (including phenoxy) is 2. The van der Waals surface area contributed by atoms with Crippen molar-refractivity contribution in [2.24, 2.45) is 0 Å². The highest BCUT2D eigenvalue weighted by atomic mass is 16.6. The fraction of sp³-hybridized carbons (Fsp3) is 0.375. The Morgan fingerprint density at radius 2 is 1.83 bits per heavy atom. The second kappa shape index (κ2) is 9.98. The molecule has 1 aromatic carbocycles. The standard InChI is InChI=1S/C16H20N2O6/c1-11(2)18-14(20)7-17-15(21)9-24-16(22)10-23-13-6-4-3-5-12(13)8-19/h3-6,8,11H,7,9-10H2,1-2H3,(H,17,21)(H,18,20). The van der Waals surface area contributed by atoms with Crippen LogP contribution in [0.25, 0.3) is 0 Å². The number of hydrogen-bond acceptors (Lipinski definition) is 6. The summed E-state index contributed by atoms with van der Waals surface area (Å²) in [6.45, 7) is 2.44. The predicted molar refractivity (Wildman–Crippen MR) is 84.6 cm³/mol. The third-order valence-electron chi connectivity index (χ3n) is 2.65. The van der Waals surface area contributed by atoms with Gasteiger partial charge < -0.3 is 20.1 Å². The first-order valence-corrected chi connectivity index (χ1v) is 7.31. The van der Waals surface area contributed by atoms with Crippen molar-refractivity contribution in [2.75, 3.05) is 19.8 Å². The molecule has 0 saturated carbocycles. The Kier molecular flexibility index (Phi) is 7.97. The SMILES string of the molecule is CC(C)NC(=O)CNC(=O)COC(=O)COc1ccccc1C=O. The first-order chi connectivity index (χ1) is 11.4. The van der Waals surface area contributed by atoms with E-state index in [0.29, 0.717) is 11.8 Å². The quantitative estimate of drug-likeness (QED) is 0.487. The van der Waals surface area contributed by atoms with Gasteiger partial charge in [-0.1, -0.05) is 12.1 Å². The zero-order valence-electron chi connectivity index (χ0n) is 13.5. The summed E-state index contributed by atoms with van der Waals surface area (Å²) in [7, 11) is 0. The van der Waals surface area contributed by atoms with Gasteiger partial charge in [0.15, 0.2) is 19.5 Å². The lowest BCUT2D eigenvalue weighted by atomic mass is 10.2. The van der Waals surface area contributed by atoms with Crippen molar-refractivity contribution in [1.82, 2.24) is 10.6 Å². The minimum atomic E-state index is -0.766. The summed E-state index contributed by atoms with van der Waals surface area (Å²) in [6, 6.07) is 6.37. The van der Waals surface area contributed by atoms with Crippen LogP contribution in [0.4, 0.5) is 0 Å². The molecule has 0 aromatic heterocycles. The second-order valence-electron chi connectivity index (χ2n) is 5.10. The van der Waals surface area contributed by atoms with E-state index >= 15 is 0 Å². The van der Waals surface area contributed by atoms with Gasteiger partial charge in [-0.2, -0.15) is 0 Å². The van der Waals surface area contributed by atoms with Crippen molar-refractivity contribution >= 4 is 24.1 Å². The average Bonchev–Trinajstić information content (AvgIpc) is 2.55. The molecule has 8 heteroatoms. The number of rotatable bonds is 9. The fourth-order valence-corrected chi connectivity index (χ4v) is 1.64. The van der Waals surface area contributed by atoms with E-state index < -0.39 is 25.1 Å². The Morgan fingerprint density at radius 1 is 1.12 bits per heavy atom. The summed E-state index contributed by atoms with van der Waals surface area (Å²) >= 11 is 0. The van der Waals surface area contributed by atoms with E-state index in [1.165, 1.54) is 6.07 Å². The third kappa shape index (κ3) is 7.39. The maximum absolute atomic E-state index is 11.5. The lowest BCUT2D eigenvalue weighted by molar-refractivity contribution is -0.150. The lowest BCUT2D eigenvalue weighted by Gasteiger charge is -2.10. The van der Waals surface area contributed by atoms with Gasteiger partial charge in [-0.3, -0.25) is 14.4 Å². The van der Waals surface area contributed by atoms with Crippen LogP contribution in [0.5, 0.6) is 5.75 Å². The Hall–Kier alpha value is -2.90. The molecule has 0 atom stereocenters. The summed E-state index contributed by atoms with van der Waals surface area (Å²) in [5.41, 5.74) is 0.305. The van der Waals surface area contributed by atoms with Crippen LogP contribution in [0.1, 0.15) is 24.2 Å². The molecule has 0 heterocycles. The second-order valence-corrected chi connectivity index (χ2v) is 5.10.